The van der Waals surface area contributed by atoms with E-state index in [2.05, 4.69) is 43.3 Å². The number of hydrogen-bond acceptors (Lipinski definition) is 3. The van der Waals surface area contributed by atoms with Crippen molar-refractivity contribution in [3.8, 4) is 0 Å². The van der Waals surface area contributed by atoms with Crippen molar-refractivity contribution in [1.29, 1.82) is 0 Å². The van der Waals surface area contributed by atoms with Crippen LogP contribution in [0.1, 0.15) is 30.9 Å². The Morgan fingerprint density at radius 1 is 1.39 bits per heavy atom. The number of hydrogen-bond donors (Lipinski definition) is 1. The fraction of sp³-hybridized carbons (Fsp3) is 0.643. The molecule has 0 radical (unpaired) electrons. The van der Waals surface area contributed by atoms with Gasteiger partial charge in [0.2, 0.25) is 0 Å². The highest BCUT2D eigenvalue weighted by Crippen LogP contribution is 2.41. The van der Waals surface area contributed by atoms with Gasteiger partial charge in [0.05, 0.1) is 0 Å². The average molecular weight is 310 g/mol. The molecule has 3 nitrogen and oxygen atoms in total. The second-order valence-electron chi connectivity index (χ2n) is 5.36. The largest absolute Gasteiger partial charge is 0.314 e. The van der Waals surface area contributed by atoms with Gasteiger partial charge in [0, 0.05) is 44.0 Å². The van der Waals surface area contributed by atoms with E-state index >= 15 is 0 Å². The van der Waals surface area contributed by atoms with Crippen LogP contribution in [0.3, 0.4) is 0 Å². The molecule has 0 amide bonds. The van der Waals surface area contributed by atoms with Gasteiger partial charge in [0.25, 0.3) is 0 Å². The minimum absolute atomic E-state index is 0.544. The Balaban J connectivity index is 1.81. The third-order valence-electron chi connectivity index (χ3n) is 3.99. The van der Waals surface area contributed by atoms with Gasteiger partial charge in [-0.05, 0) is 34.3 Å². The molecule has 98 valence electrons. The fourth-order valence-corrected chi connectivity index (χ4v) is 3.30. The van der Waals surface area contributed by atoms with Gasteiger partial charge in [0.15, 0.2) is 0 Å². The van der Waals surface area contributed by atoms with Gasteiger partial charge in [-0.1, -0.05) is 18.9 Å². The molecule has 4 heteroatoms. The van der Waals surface area contributed by atoms with Crippen LogP contribution in [-0.4, -0.2) is 36.1 Å². The van der Waals surface area contributed by atoms with E-state index in [9.17, 15) is 0 Å². The van der Waals surface area contributed by atoms with Crippen molar-refractivity contribution in [3.63, 3.8) is 0 Å². The number of halogens is 1. The van der Waals surface area contributed by atoms with Gasteiger partial charge in [-0.2, -0.15) is 0 Å². The molecule has 18 heavy (non-hydrogen) atoms. The molecular formula is C14H20BrN3. The van der Waals surface area contributed by atoms with Crippen LogP contribution in [0.4, 0.5) is 0 Å². The van der Waals surface area contributed by atoms with Gasteiger partial charge in [-0.25, -0.2) is 4.98 Å². The topological polar surface area (TPSA) is 28.2 Å². The van der Waals surface area contributed by atoms with Gasteiger partial charge in [0.1, 0.15) is 4.60 Å². The van der Waals surface area contributed by atoms with Crippen molar-refractivity contribution in [2.45, 2.75) is 25.3 Å². The second-order valence-corrected chi connectivity index (χ2v) is 6.12. The van der Waals surface area contributed by atoms with Crippen LogP contribution in [0.5, 0.6) is 0 Å². The number of nitrogens with zero attached hydrogens (tertiary/aromatic N) is 2. The van der Waals surface area contributed by atoms with Crippen LogP contribution in [0, 0.1) is 5.92 Å². The van der Waals surface area contributed by atoms with Crippen LogP contribution >= 0.6 is 15.9 Å². The van der Waals surface area contributed by atoms with Crippen molar-refractivity contribution in [3.05, 3.63) is 28.5 Å². The zero-order chi connectivity index (χ0) is 12.4. The maximum Gasteiger partial charge on any atom is 0.110 e. The highest BCUT2D eigenvalue weighted by atomic mass is 79.9. The summed E-state index contributed by atoms with van der Waals surface area (Å²) in [5, 5.41) is 3.44. The monoisotopic (exact) mass is 309 g/mol. The lowest BCUT2D eigenvalue weighted by Crippen LogP contribution is -2.45. The van der Waals surface area contributed by atoms with Crippen LogP contribution in [0.25, 0.3) is 0 Å². The number of rotatable bonds is 4. The van der Waals surface area contributed by atoms with Crippen molar-refractivity contribution < 1.29 is 0 Å². The Kier molecular flexibility index (Phi) is 3.97. The first-order valence-corrected chi connectivity index (χ1v) is 7.69. The third kappa shape index (κ3) is 2.92. The molecule has 1 saturated carbocycles. The summed E-state index contributed by atoms with van der Waals surface area (Å²) in [4.78, 5) is 7.02. The smallest absolute Gasteiger partial charge is 0.110 e. The summed E-state index contributed by atoms with van der Waals surface area (Å²) in [6.45, 7) is 4.52. The molecule has 1 saturated heterocycles. The van der Waals surface area contributed by atoms with E-state index < -0.39 is 0 Å². The van der Waals surface area contributed by atoms with E-state index in [1.54, 1.807) is 0 Å². The SMILES string of the molecule is Brc1ncccc1[C@@H](CC1CC1)N1CCNCC1. The van der Waals surface area contributed by atoms with Crippen molar-refractivity contribution in [2.75, 3.05) is 26.2 Å². The summed E-state index contributed by atoms with van der Waals surface area (Å²) in [5.41, 5.74) is 1.37. The quantitative estimate of drug-likeness (QED) is 0.867. The minimum atomic E-state index is 0.544. The Labute approximate surface area is 117 Å². The molecule has 0 unspecified atom stereocenters. The molecule has 3 rings (SSSR count). The van der Waals surface area contributed by atoms with Gasteiger partial charge >= 0.3 is 0 Å². The Morgan fingerprint density at radius 3 is 2.83 bits per heavy atom. The standard InChI is InChI=1S/C14H20BrN3/c15-14-12(2-1-5-17-14)13(10-11-3-4-11)18-8-6-16-7-9-18/h1-2,5,11,13,16H,3-4,6-10H2/t13-/m1/s1. The van der Waals surface area contributed by atoms with Gasteiger partial charge in [-0.15, -0.1) is 0 Å². The summed E-state index contributed by atoms with van der Waals surface area (Å²) < 4.78 is 1.02. The first-order valence-electron chi connectivity index (χ1n) is 6.90. The zero-order valence-corrected chi connectivity index (χ0v) is 12.2. The minimum Gasteiger partial charge on any atom is -0.314 e. The van der Waals surface area contributed by atoms with E-state index in [1.807, 2.05) is 6.20 Å². The van der Waals surface area contributed by atoms with E-state index in [0.717, 1.165) is 36.7 Å². The number of nitrogens with one attached hydrogen (secondary N) is 1. The Morgan fingerprint density at radius 2 is 2.17 bits per heavy atom. The van der Waals surface area contributed by atoms with E-state index in [-0.39, 0.29) is 0 Å². The third-order valence-corrected chi connectivity index (χ3v) is 4.66. The summed E-state index contributed by atoms with van der Waals surface area (Å²) >= 11 is 3.62. The predicted octanol–water partition coefficient (Wildman–Crippen LogP) is 2.59. The molecule has 1 aromatic heterocycles. The van der Waals surface area contributed by atoms with E-state index in [4.69, 9.17) is 0 Å². The van der Waals surface area contributed by atoms with Crippen molar-refractivity contribution in [1.82, 2.24) is 15.2 Å². The second kappa shape index (κ2) is 5.68. The van der Waals surface area contributed by atoms with Gasteiger partial charge in [-0.3, -0.25) is 4.90 Å². The van der Waals surface area contributed by atoms with Crippen LogP contribution in [-0.2, 0) is 0 Å². The number of piperazine rings is 1. The predicted molar refractivity (Wildman–Crippen MR) is 76.5 cm³/mol. The molecule has 2 aliphatic rings. The highest BCUT2D eigenvalue weighted by Gasteiger charge is 2.31. The van der Waals surface area contributed by atoms with Crippen LogP contribution < -0.4 is 5.32 Å². The van der Waals surface area contributed by atoms with E-state index in [0.29, 0.717) is 6.04 Å². The molecule has 1 aromatic rings. The summed E-state index contributed by atoms with van der Waals surface area (Å²) in [7, 11) is 0. The molecule has 0 aromatic carbocycles. The van der Waals surface area contributed by atoms with Crippen LogP contribution in [0.15, 0.2) is 22.9 Å². The van der Waals surface area contributed by atoms with E-state index in [1.165, 1.54) is 24.8 Å². The molecule has 2 fully saturated rings. The fourth-order valence-electron chi connectivity index (χ4n) is 2.78. The molecule has 1 atom stereocenters. The lowest BCUT2D eigenvalue weighted by molar-refractivity contribution is 0.159. The lowest BCUT2D eigenvalue weighted by Gasteiger charge is -2.35. The molecule has 0 bridgehead atoms. The molecule has 1 N–H and O–H groups in total. The van der Waals surface area contributed by atoms with Crippen LogP contribution in [0.2, 0.25) is 0 Å². The highest BCUT2D eigenvalue weighted by molar-refractivity contribution is 9.10. The summed E-state index contributed by atoms with van der Waals surface area (Å²) in [5.74, 6) is 0.942. The Bertz CT molecular complexity index is 400. The van der Waals surface area contributed by atoms with Crippen molar-refractivity contribution in [2.24, 2.45) is 5.92 Å². The summed E-state index contributed by atoms with van der Waals surface area (Å²) in [6, 6.07) is 4.83. The maximum absolute atomic E-state index is 4.40. The normalized spacial score (nSPS) is 22.9. The first kappa shape index (κ1) is 12.6. The average Bonchev–Trinajstić information content (AvgIpc) is 3.22. The van der Waals surface area contributed by atoms with Crippen molar-refractivity contribution >= 4 is 15.9 Å². The Hall–Kier alpha value is -0.450. The molecule has 1 aliphatic heterocycles. The zero-order valence-electron chi connectivity index (χ0n) is 10.6. The summed E-state index contributed by atoms with van der Waals surface area (Å²) in [6.07, 6.45) is 5.99. The van der Waals surface area contributed by atoms with Gasteiger partial charge < -0.3 is 5.32 Å². The number of pyridine rings is 1. The molecule has 1 aliphatic carbocycles. The first-order chi connectivity index (χ1) is 8.84. The molecule has 0 spiro atoms. The lowest BCUT2D eigenvalue weighted by atomic mass is 10.0. The molecular weight excluding hydrogens is 290 g/mol. The molecule has 2 heterocycles. The maximum atomic E-state index is 4.40. The number of aromatic nitrogens is 1.